The lowest BCUT2D eigenvalue weighted by molar-refractivity contribution is 0.403. The van der Waals surface area contributed by atoms with Crippen LogP contribution in [0.25, 0.3) is 0 Å². The number of aliphatic imine (C=N–C) groups is 1. The van der Waals surface area contributed by atoms with Crippen LogP contribution in [0.5, 0.6) is 0 Å². The molecule has 7 heteroatoms. The fourth-order valence-electron chi connectivity index (χ4n) is 3.81. The molecule has 1 fully saturated rings. The van der Waals surface area contributed by atoms with E-state index in [2.05, 4.69) is 65.5 Å². The molecule has 2 aromatic rings. The number of halogens is 1. The molecule has 0 atom stereocenters. The van der Waals surface area contributed by atoms with Crippen molar-refractivity contribution < 1.29 is 0 Å². The summed E-state index contributed by atoms with van der Waals surface area (Å²) in [6.07, 6.45) is 6.58. The van der Waals surface area contributed by atoms with E-state index in [-0.39, 0.29) is 5.41 Å². The number of guanidine groups is 1. The molecule has 0 aliphatic heterocycles. The molecule has 1 N–H and O–H groups in total. The van der Waals surface area contributed by atoms with Crippen LogP contribution in [-0.4, -0.2) is 46.3 Å². The number of nitrogens with zero attached hydrogens (tertiary/aromatic N) is 5. The molecular weight excluding hydrogens is 392 g/mol. The van der Waals surface area contributed by atoms with E-state index in [0.29, 0.717) is 6.54 Å². The number of aryl methyl sites for hydroxylation is 1. The van der Waals surface area contributed by atoms with Crippen molar-refractivity contribution in [1.82, 2.24) is 25.0 Å². The van der Waals surface area contributed by atoms with Gasteiger partial charge in [0.05, 0.1) is 6.54 Å². The van der Waals surface area contributed by atoms with Gasteiger partial charge in [-0.05, 0) is 30.5 Å². The number of aromatic nitrogens is 3. The van der Waals surface area contributed by atoms with Gasteiger partial charge in [-0.15, -0.1) is 0 Å². The lowest BCUT2D eigenvalue weighted by atomic mass is 9.79. The second-order valence-corrected chi connectivity index (χ2v) is 7.97. The Labute approximate surface area is 163 Å². The maximum atomic E-state index is 4.46. The number of nitrogens with one attached hydrogen (secondary N) is 1. The van der Waals surface area contributed by atoms with E-state index in [1.165, 1.54) is 31.2 Å². The van der Waals surface area contributed by atoms with E-state index < -0.39 is 0 Å². The molecule has 3 rings (SSSR count). The molecule has 1 aromatic carbocycles. The van der Waals surface area contributed by atoms with Crippen molar-refractivity contribution in [1.29, 1.82) is 0 Å². The predicted octanol–water partition coefficient (Wildman–Crippen LogP) is 3.10. The summed E-state index contributed by atoms with van der Waals surface area (Å²) in [5.74, 6) is 1.80. The molecule has 1 aliphatic carbocycles. The van der Waals surface area contributed by atoms with Crippen molar-refractivity contribution in [2.45, 2.75) is 37.6 Å². The molecule has 0 amide bonds. The smallest absolute Gasteiger partial charge is 0.193 e. The first-order chi connectivity index (χ1) is 12.5. The van der Waals surface area contributed by atoms with Gasteiger partial charge >= 0.3 is 0 Å². The van der Waals surface area contributed by atoms with Gasteiger partial charge in [0.2, 0.25) is 0 Å². The van der Waals surface area contributed by atoms with Crippen LogP contribution in [0.15, 0.2) is 40.1 Å². The molecule has 1 heterocycles. The Hall–Kier alpha value is -1.89. The van der Waals surface area contributed by atoms with Crippen LogP contribution in [0.4, 0.5) is 0 Å². The first-order valence-corrected chi connectivity index (χ1v) is 9.84. The Balaban J connectivity index is 1.69. The summed E-state index contributed by atoms with van der Waals surface area (Å²) in [4.78, 5) is 10.9. The summed E-state index contributed by atoms with van der Waals surface area (Å²) in [6.45, 7) is 1.56. The van der Waals surface area contributed by atoms with Crippen molar-refractivity contribution >= 4 is 21.9 Å². The monoisotopic (exact) mass is 418 g/mol. The second-order valence-electron chi connectivity index (χ2n) is 7.05. The van der Waals surface area contributed by atoms with Gasteiger partial charge in [-0.3, -0.25) is 9.67 Å². The molecule has 1 aromatic heterocycles. The average molecular weight is 419 g/mol. The zero-order valence-electron chi connectivity index (χ0n) is 15.7. The second kappa shape index (κ2) is 8.20. The predicted molar refractivity (Wildman–Crippen MR) is 108 cm³/mol. The van der Waals surface area contributed by atoms with Crippen molar-refractivity contribution in [2.24, 2.45) is 12.0 Å². The number of hydrogen-bond acceptors (Lipinski definition) is 3. The highest BCUT2D eigenvalue weighted by Crippen LogP contribution is 2.41. The summed E-state index contributed by atoms with van der Waals surface area (Å²) >= 11 is 3.54. The Morgan fingerprint density at radius 2 is 2.00 bits per heavy atom. The highest BCUT2D eigenvalue weighted by Gasteiger charge is 2.35. The average Bonchev–Trinajstić information content (AvgIpc) is 3.26. The van der Waals surface area contributed by atoms with E-state index in [1.807, 2.05) is 21.1 Å². The molecule has 0 saturated heterocycles. The zero-order chi connectivity index (χ0) is 18.6. The fraction of sp³-hybridized carbons (Fsp3) is 0.526. The summed E-state index contributed by atoms with van der Waals surface area (Å²) in [5.41, 5.74) is 1.60. The highest BCUT2D eigenvalue weighted by molar-refractivity contribution is 9.10. The molecule has 0 radical (unpaired) electrons. The maximum absolute atomic E-state index is 4.46. The molecule has 6 nitrogen and oxygen atoms in total. The normalized spacial score (nSPS) is 16.7. The molecule has 1 aliphatic rings. The van der Waals surface area contributed by atoms with E-state index in [0.717, 1.165) is 22.8 Å². The van der Waals surface area contributed by atoms with Crippen LogP contribution in [0.2, 0.25) is 0 Å². The van der Waals surface area contributed by atoms with Crippen LogP contribution in [0.3, 0.4) is 0 Å². The van der Waals surface area contributed by atoms with Crippen molar-refractivity contribution in [3.05, 3.63) is 46.5 Å². The van der Waals surface area contributed by atoms with Crippen molar-refractivity contribution in [3.63, 3.8) is 0 Å². The maximum Gasteiger partial charge on any atom is 0.193 e. The minimum Gasteiger partial charge on any atom is -0.355 e. The van der Waals surface area contributed by atoms with Crippen LogP contribution in [0.1, 0.15) is 37.1 Å². The molecule has 140 valence electrons. The first kappa shape index (κ1) is 18.9. The van der Waals surface area contributed by atoms with Crippen LogP contribution < -0.4 is 5.32 Å². The Bertz CT molecular complexity index is 746. The molecule has 0 unspecified atom stereocenters. The molecule has 1 saturated carbocycles. The summed E-state index contributed by atoms with van der Waals surface area (Å²) in [5, 5.41) is 7.74. The zero-order valence-corrected chi connectivity index (χ0v) is 17.3. The molecular formula is C19H27BrN6. The third kappa shape index (κ3) is 4.09. The quantitative estimate of drug-likeness (QED) is 0.598. The SMILES string of the molecule is CN=C(NCC1(c2ccc(Br)cc2)CCCC1)N(C)Cc1ncnn1C. The first-order valence-electron chi connectivity index (χ1n) is 9.05. The largest absolute Gasteiger partial charge is 0.355 e. The third-order valence-electron chi connectivity index (χ3n) is 5.36. The lowest BCUT2D eigenvalue weighted by Gasteiger charge is -2.32. The van der Waals surface area contributed by atoms with E-state index in [1.54, 1.807) is 11.0 Å². The van der Waals surface area contributed by atoms with E-state index >= 15 is 0 Å². The number of rotatable bonds is 5. The highest BCUT2D eigenvalue weighted by atomic mass is 79.9. The van der Waals surface area contributed by atoms with Gasteiger partial charge in [0.25, 0.3) is 0 Å². The van der Waals surface area contributed by atoms with Gasteiger partial charge in [-0.1, -0.05) is 40.9 Å². The fourth-order valence-corrected chi connectivity index (χ4v) is 4.07. The van der Waals surface area contributed by atoms with E-state index in [4.69, 9.17) is 0 Å². The van der Waals surface area contributed by atoms with Crippen LogP contribution >= 0.6 is 15.9 Å². The number of hydrogen-bond donors (Lipinski definition) is 1. The summed E-state index contributed by atoms with van der Waals surface area (Å²) < 4.78 is 2.92. The molecule has 0 spiro atoms. The van der Waals surface area contributed by atoms with Crippen molar-refractivity contribution in [2.75, 3.05) is 20.6 Å². The topological polar surface area (TPSA) is 58.3 Å². The van der Waals surface area contributed by atoms with E-state index in [9.17, 15) is 0 Å². The van der Waals surface area contributed by atoms with Crippen LogP contribution in [-0.2, 0) is 19.0 Å². The van der Waals surface area contributed by atoms with Gasteiger partial charge in [-0.25, -0.2) is 4.98 Å². The Morgan fingerprint density at radius 3 is 2.58 bits per heavy atom. The van der Waals surface area contributed by atoms with Gasteiger partial charge < -0.3 is 10.2 Å². The summed E-state index contributed by atoms with van der Waals surface area (Å²) in [7, 11) is 5.77. The third-order valence-corrected chi connectivity index (χ3v) is 5.89. The lowest BCUT2D eigenvalue weighted by Crippen LogP contribution is -2.45. The summed E-state index contributed by atoms with van der Waals surface area (Å²) in [6, 6.07) is 8.79. The molecule has 26 heavy (non-hydrogen) atoms. The van der Waals surface area contributed by atoms with Gasteiger partial charge in [0.15, 0.2) is 5.96 Å². The Kier molecular flexibility index (Phi) is 5.96. The minimum atomic E-state index is 0.183. The number of benzene rings is 1. The Morgan fingerprint density at radius 1 is 1.31 bits per heavy atom. The van der Waals surface area contributed by atoms with Gasteiger partial charge in [-0.2, -0.15) is 5.10 Å². The standard InChI is InChI=1S/C19H27BrN6/c1-21-18(25(2)12-17-23-14-24-26(17)3)22-13-19(10-4-5-11-19)15-6-8-16(20)9-7-15/h6-9,14H,4-5,10-13H2,1-3H3,(H,21,22). The molecule has 0 bridgehead atoms. The van der Waals surface area contributed by atoms with Crippen molar-refractivity contribution in [3.8, 4) is 0 Å². The van der Waals surface area contributed by atoms with Gasteiger partial charge in [0.1, 0.15) is 12.2 Å². The van der Waals surface area contributed by atoms with Crippen LogP contribution in [0, 0.1) is 0 Å². The van der Waals surface area contributed by atoms with Gasteiger partial charge in [0, 0.05) is 37.6 Å². The minimum absolute atomic E-state index is 0.183.